The van der Waals surface area contributed by atoms with Gasteiger partial charge in [0.05, 0.1) is 12.1 Å². The minimum absolute atomic E-state index is 0.685. The van der Waals surface area contributed by atoms with Crippen molar-refractivity contribution in [2.24, 2.45) is 0 Å². The van der Waals surface area contributed by atoms with Gasteiger partial charge >= 0.3 is 0 Å². The molecular formula is C21H17N7. The minimum atomic E-state index is 0.685. The average molecular weight is 367 g/mol. The Morgan fingerprint density at radius 1 is 0.929 bits per heavy atom. The van der Waals surface area contributed by atoms with Gasteiger partial charge in [0.15, 0.2) is 0 Å². The standard InChI is InChI=1S/C21H17N7/c1-2-15(12-28-14-23-13-24-28)10-17(3-1)25-18-4-5-19-20(11-18)26-27-21(19)16-6-8-22-9-7-16/h1-11,13-14,25H,12H2,(H,26,27). The van der Waals surface area contributed by atoms with Crippen molar-refractivity contribution >= 4 is 22.3 Å². The van der Waals surface area contributed by atoms with Crippen LogP contribution in [0.2, 0.25) is 0 Å². The maximum atomic E-state index is 4.47. The van der Waals surface area contributed by atoms with Crippen molar-refractivity contribution in [3.63, 3.8) is 0 Å². The molecule has 7 heteroatoms. The highest BCUT2D eigenvalue weighted by Crippen LogP contribution is 2.28. The van der Waals surface area contributed by atoms with Crippen LogP contribution in [0, 0.1) is 0 Å². The molecule has 0 bridgehead atoms. The second-order valence-corrected chi connectivity index (χ2v) is 6.49. The van der Waals surface area contributed by atoms with Gasteiger partial charge in [-0.05, 0) is 48.0 Å². The summed E-state index contributed by atoms with van der Waals surface area (Å²) in [5.74, 6) is 0. The smallest absolute Gasteiger partial charge is 0.137 e. The van der Waals surface area contributed by atoms with Crippen molar-refractivity contribution in [2.75, 3.05) is 5.32 Å². The first-order valence-corrected chi connectivity index (χ1v) is 8.92. The van der Waals surface area contributed by atoms with Crippen LogP contribution in [-0.2, 0) is 6.54 Å². The van der Waals surface area contributed by atoms with Crippen LogP contribution in [0.1, 0.15) is 5.56 Å². The monoisotopic (exact) mass is 367 g/mol. The second-order valence-electron chi connectivity index (χ2n) is 6.49. The Balaban J connectivity index is 1.40. The number of nitrogens with zero attached hydrogens (tertiary/aromatic N) is 5. The van der Waals surface area contributed by atoms with E-state index in [1.54, 1.807) is 29.7 Å². The predicted octanol–water partition coefficient (Wildman–Crippen LogP) is 4.01. The summed E-state index contributed by atoms with van der Waals surface area (Å²) in [5.41, 5.74) is 6.12. The number of pyridine rings is 1. The van der Waals surface area contributed by atoms with Crippen LogP contribution >= 0.6 is 0 Å². The third kappa shape index (κ3) is 3.21. The zero-order valence-corrected chi connectivity index (χ0v) is 14.9. The molecule has 0 spiro atoms. The van der Waals surface area contributed by atoms with E-state index >= 15 is 0 Å². The van der Waals surface area contributed by atoms with Gasteiger partial charge in [0, 0.05) is 34.7 Å². The lowest BCUT2D eigenvalue weighted by Gasteiger charge is -2.09. The largest absolute Gasteiger partial charge is 0.355 e. The molecule has 0 fully saturated rings. The van der Waals surface area contributed by atoms with Gasteiger partial charge in [0.1, 0.15) is 18.3 Å². The quantitative estimate of drug-likeness (QED) is 0.490. The first-order chi connectivity index (χ1) is 13.8. The molecule has 0 aliphatic carbocycles. The van der Waals surface area contributed by atoms with E-state index in [0.29, 0.717) is 6.54 Å². The van der Waals surface area contributed by atoms with Crippen molar-refractivity contribution in [1.82, 2.24) is 29.9 Å². The molecule has 5 aromatic rings. The second kappa shape index (κ2) is 6.96. The summed E-state index contributed by atoms with van der Waals surface area (Å²) in [7, 11) is 0. The number of aromatic amines is 1. The Bertz CT molecular complexity index is 1210. The zero-order valence-electron chi connectivity index (χ0n) is 14.9. The fourth-order valence-corrected chi connectivity index (χ4v) is 3.24. The predicted molar refractivity (Wildman–Crippen MR) is 108 cm³/mol. The summed E-state index contributed by atoms with van der Waals surface area (Å²) >= 11 is 0. The van der Waals surface area contributed by atoms with E-state index in [-0.39, 0.29) is 0 Å². The van der Waals surface area contributed by atoms with E-state index in [1.807, 2.05) is 24.3 Å². The Morgan fingerprint density at radius 3 is 2.68 bits per heavy atom. The Morgan fingerprint density at radius 2 is 1.82 bits per heavy atom. The summed E-state index contributed by atoms with van der Waals surface area (Å²) in [5, 5.41) is 16.3. The van der Waals surface area contributed by atoms with Gasteiger partial charge in [-0.15, -0.1) is 0 Å². The van der Waals surface area contributed by atoms with E-state index in [2.05, 4.69) is 60.9 Å². The zero-order chi connectivity index (χ0) is 18.8. The van der Waals surface area contributed by atoms with E-state index in [1.165, 1.54) is 0 Å². The fourth-order valence-electron chi connectivity index (χ4n) is 3.24. The molecule has 28 heavy (non-hydrogen) atoms. The van der Waals surface area contributed by atoms with Crippen molar-refractivity contribution in [3.05, 3.63) is 85.2 Å². The normalized spacial score (nSPS) is 11.0. The van der Waals surface area contributed by atoms with E-state index in [0.717, 1.165) is 39.1 Å². The maximum Gasteiger partial charge on any atom is 0.137 e. The Hall–Kier alpha value is -4.00. The topological polar surface area (TPSA) is 84.3 Å². The molecule has 5 rings (SSSR count). The minimum Gasteiger partial charge on any atom is -0.355 e. The van der Waals surface area contributed by atoms with Gasteiger partial charge in [0.25, 0.3) is 0 Å². The molecule has 3 aromatic heterocycles. The van der Waals surface area contributed by atoms with E-state index in [9.17, 15) is 0 Å². The molecule has 7 nitrogen and oxygen atoms in total. The van der Waals surface area contributed by atoms with Crippen LogP contribution in [0.3, 0.4) is 0 Å². The maximum absolute atomic E-state index is 4.47. The molecule has 0 atom stereocenters. The highest BCUT2D eigenvalue weighted by molar-refractivity contribution is 5.94. The summed E-state index contributed by atoms with van der Waals surface area (Å²) in [6, 6.07) is 18.4. The molecule has 2 N–H and O–H groups in total. The van der Waals surface area contributed by atoms with Gasteiger partial charge in [-0.1, -0.05) is 12.1 Å². The molecule has 0 aliphatic rings. The highest BCUT2D eigenvalue weighted by atomic mass is 15.3. The number of hydrogen-bond donors (Lipinski definition) is 2. The third-order valence-electron chi connectivity index (χ3n) is 4.54. The molecule has 2 aromatic carbocycles. The Labute approximate surface area is 161 Å². The van der Waals surface area contributed by atoms with Gasteiger partial charge in [0.2, 0.25) is 0 Å². The van der Waals surface area contributed by atoms with Crippen LogP contribution in [0.5, 0.6) is 0 Å². The molecular weight excluding hydrogens is 350 g/mol. The number of rotatable bonds is 5. The molecule has 0 unspecified atom stereocenters. The van der Waals surface area contributed by atoms with Crippen molar-refractivity contribution in [3.8, 4) is 11.3 Å². The molecule has 0 amide bonds. The van der Waals surface area contributed by atoms with Crippen LogP contribution < -0.4 is 5.32 Å². The van der Waals surface area contributed by atoms with Crippen LogP contribution in [0.4, 0.5) is 11.4 Å². The molecule has 3 heterocycles. The lowest BCUT2D eigenvalue weighted by molar-refractivity contribution is 0.685. The number of fused-ring (bicyclic) bond motifs is 1. The SMILES string of the molecule is c1cc(Cn2cncn2)cc(Nc2ccc3c(-c4ccncc4)n[nH]c3c2)c1. The number of H-pyrrole nitrogens is 1. The molecule has 0 aliphatic heterocycles. The summed E-state index contributed by atoms with van der Waals surface area (Å²) in [6.45, 7) is 0.685. The van der Waals surface area contributed by atoms with Crippen LogP contribution in [-0.4, -0.2) is 29.9 Å². The van der Waals surface area contributed by atoms with E-state index < -0.39 is 0 Å². The number of benzene rings is 2. The van der Waals surface area contributed by atoms with Crippen LogP contribution in [0.15, 0.2) is 79.6 Å². The van der Waals surface area contributed by atoms with E-state index in [4.69, 9.17) is 0 Å². The fraction of sp³-hybridized carbons (Fsp3) is 0.0476. The van der Waals surface area contributed by atoms with Crippen molar-refractivity contribution in [2.45, 2.75) is 6.54 Å². The average Bonchev–Trinajstić information content (AvgIpc) is 3.38. The lowest BCUT2D eigenvalue weighted by Crippen LogP contribution is -2.00. The lowest BCUT2D eigenvalue weighted by atomic mass is 10.1. The number of nitrogens with one attached hydrogen (secondary N) is 2. The number of anilines is 2. The Kier molecular flexibility index (Phi) is 4.02. The summed E-state index contributed by atoms with van der Waals surface area (Å²) in [6.07, 6.45) is 6.81. The van der Waals surface area contributed by atoms with Gasteiger partial charge in [-0.25, -0.2) is 9.67 Å². The first kappa shape index (κ1) is 16.2. The summed E-state index contributed by atoms with van der Waals surface area (Å²) in [4.78, 5) is 8.05. The first-order valence-electron chi connectivity index (χ1n) is 8.92. The van der Waals surface area contributed by atoms with Gasteiger partial charge in [-0.2, -0.15) is 10.2 Å². The summed E-state index contributed by atoms with van der Waals surface area (Å²) < 4.78 is 1.80. The number of aromatic nitrogens is 6. The van der Waals surface area contributed by atoms with Crippen LogP contribution in [0.25, 0.3) is 22.2 Å². The van der Waals surface area contributed by atoms with Crippen molar-refractivity contribution < 1.29 is 0 Å². The molecule has 0 saturated carbocycles. The molecule has 0 saturated heterocycles. The third-order valence-corrected chi connectivity index (χ3v) is 4.54. The number of hydrogen-bond acceptors (Lipinski definition) is 5. The van der Waals surface area contributed by atoms with Gasteiger partial charge in [-0.3, -0.25) is 10.1 Å². The molecule has 0 radical (unpaired) electrons. The van der Waals surface area contributed by atoms with Gasteiger partial charge < -0.3 is 5.32 Å². The van der Waals surface area contributed by atoms with Crippen molar-refractivity contribution in [1.29, 1.82) is 0 Å². The highest BCUT2D eigenvalue weighted by Gasteiger charge is 2.08. The molecule has 136 valence electrons.